The van der Waals surface area contributed by atoms with E-state index in [1.807, 2.05) is 31.2 Å². The number of benzene rings is 2. The molecule has 1 atom stereocenters. The van der Waals surface area contributed by atoms with Crippen molar-refractivity contribution in [2.45, 2.75) is 32.9 Å². The minimum atomic E-state index is -0.618. The summed E-state index contributed by atoms with van der Waals surface area (Å²) in [4.78, 5) is 26.4. The molecular formula is C20H23FN2O2. The Hall–Kier alpha value is -2.69. The van der Waals surface area contributed by atoms with E-state index in [0.29, 0.717) is 0 Å². The number of aryl methyl sites for hydroxylation is 1. The predicted molar refractivity (Wildman–Crippen MR) is 95.4 cm³/mol. The summed E-state index contributed by atoms with van der Waals surface area (Å²) < 4.78 is 13.1. The second-order valence-corrected chi connectivity index (χ2v) is 6.10. The van der Waals surface area contributed by atoms with Gasteiger partial charge in [0.1, 0.15) is 11.9 Å². The van der Waals surface area contributed by atoms with Crippen molar-refractivity contribution in [3.05, 3.63) is 71.0 Å². The van der Waals surface area contributed by atoms with Crippen LogP contribution in [0.2, 0.25) is 0 Å². The molecule has 0 radical (unpaired) electrons. The molecule has 0 fully saturated rings. The zero-order chi connectivity index (χ0) is 18.4. The Morgan fingerprint density at radius 3 is 2.16 bits per heavy atom. The summed E-state index contributed by atoms with van der Waals surface area (Å²) in [6.45, 7) is 3.93. The average molecular weight is 342 g/mol. The third kappa shape index (κ3) is 5.14. The highest BCUT2D eigenvalue weighted by molar-refractivity contribution is 5.88. The molecule has 132 valence electrons. The van der Waals surface area contributed by atoms with E-state index in [1.165, 1.54) is 17.0 Å². The van der Waals surface area contributed by atoms with Crippen LogP contribution < -0.4 is 5.32 Å². The van der Waals surface area contributed by atoms with Crippen LogP contribution in [-0.2, 0) is 22.6 Å². The van der Waals surface area contributed by atoms with Crippen molar-refractivity contribution in [3.63, 3.8) is 0 Å². The van der Waals surface area contributed by atoms with Crippen molar-refractivity contribution in [3.8, 4) is 0 Å². The van der Waals surface area contributed by atoms with Crippen LogP contribution in [0.1, 0.15) is 23.6 Å². The summed E-state index contributed by atoms with van der Waals surface area (Å²) in [7, 11) is 1.54. The first kappa shape index (κ1) is 18.6. The number of nitrogens with one attached hydrogen (secondary N) is 1. The van der Waals surface area contributed by atoms with Gasteiger partial charge in [-0.1, -0.05) is 42.0 Å². The minimum absolute atomic E-state index is 0.149. The Kier molecular flexibility index (Phi) is 6.28. The van der Waals surface area contributed by atoms with Crippen LogP contribution in [0.5, 0.6) is 0 Å². The summed E-state index contributed by atoms with van der Waals surface area (Å²) in [5.41, 5.74) is 2.79. The normalized spacial score (nSPS) is 11.7. The van der Waals surface area contributed by atoms with Gasteiger partial charge in [0.15, 0.2) is 0 Å². The summed E-state index contributed by atoms with van der Waals surface area (Å²) in [6.07, 6.45) is 0.211. The van der Waals surface area contributed by atoms with Crippen LogP contribution in [0.4, 0.5) is 4.39 Å². The molecule has 2 aromatic carbocycles. The van der Waals surface area contributed by atoms with Crippen molar-refractivity contribution < 1.29 is 14.0 Å². The van der Waals surface area contributed by atoms with E-state index in [4.69, 9.17) is 0 Å². The SMILES string of the molecule is CNC(=O)[C@@H](C)N(Cc1ccc(F)cc1)C(=O)Cc1ccc(C)cc1. The second-order valence-electron chi connectivity index (χ2n) is 6.10. The maximum Gasteiger partial charge on any atom is 0.242 e. The number of likely N-dealkylation sites (N-methyl/N-ethyl adjacent to an activating group) is 1. The van der Waals surface area contributed by atoms with Gasteiger partial charge < -0.3 is 10.2 Å². The number of nitrogens with zero attached hydrogens (tertiary/aromatic N) is 1. The molecule has 0 saturated carbocycles. The summed E-state index contributed by atoms with van der Waals surface area (Å²) in [6, 6.07) is 13.1. The topological polar surface area (TPSA) is 49.4 Å². The maximum absolute atomic E-state index is 13.1. The summed E-state index contributed by atoms with van der Waals surface area (Å²) >= 11 is 0. The minimum Gasteiger partial charge on any atom is -0.357 e. The molecule has 0 aliphatic carbocycles. The number of carbonyl (C=O) groups is 2. The Bertz CT molecular complexity index is 726. The monoisotopic (exact) mass is 342 g/mol. The lowest BCUT2D eigenvalue weighted by Crippen LogP contribution is -2.47. The number of hydrogen-bond acceptors (Lipinski definition) is 2. The molecule has 0 unspecified atom stereocenters. The fourth-order valence-electron chi connectivity index (χ4n) is 2.56. The lowest BCUT2D eigenvalue weighted by molar-refractivity contribution is -0.139. The van der Waals surface area contributed by atoms with Crippen molar-refractivity contribution in [1.29, 1.82) is 0 Å². The second kappa shape index (κ2) is 8.42. The molecule has 25 heavy (non-hydrogen) atoms. The quantitative estimate of drug-likeness (QED) is 0.878. The highest BCUT2D eigenvalue weighted by Gasteiger charge is 2.25. The molecule has 5 heteroatoms. The highest BCUT2D eigenvalue weighted by Crippen LogP contribution is 2.13. The highest BCUT2D eigenvalue weighted by atomic mass is 19.1. The number of rotatable bonds is 6. The largest absolute Gasteiger partial charge is 0.357 e. The van der Waals surface area contributed by atoms with Crippen molar-refractivity contribution >= 4 is 11.8 Å². The summed E-state index contributed by atoms with van der Waals surface area (Å²) in [5.74, 6) is -0.718. The first-order valence-electron chi connectivity index (χ1n) is 8.21. The Morgan fingerprint density at radius 1 is 1.04 bits per heavy atom. The Balaban J connectivity index is 2.20. The van der Waals surface area contributed by atoms with Gasteiger partial charge in [0.25, 0.3) is 0 Å². The van der Waals surface area contributed by atoms with E-state index in [1.54, 1.807) is 26.1 Å². The number of halogens is 1. The fraction of sp³-hybridized carbons (Fsp3) is 0.300. The molecule has 0 spiro atoms. The van der Waals surface area contributed by atoms with Gasteiger partial charge in [-0.25, -0.2) is 4.39 Å². The molecule has 4 nitrogen and oxygen atoms in total. The fourth-order valence-corrected chi connectivity index (χ4v) is 2.56. The van der Waals surface area contributed by atoms with E-state index in [-0.39, 0.29) is 30.6 Å². The van der Waals surface area contributed by atoms with Gasteiger partial charge in [0.05, 0.1) is 6.42 Å². The zero-order valence-electron chi connectivity index (χ0n) is 14.8. The van der Waals surface area contributed by atoms with Crippen molar-refractivity contribution in [2.75, 3.05) is 7.05 Å². The number of amides is 2. The third-order valence-corrected chi connectivity index (χ3v) is 4.16. The van der Waals surface area contributed by atoms with Gasteiger partial charge in [-0.05, 0) is 37.1 Å². The first-order valence-corrected chi connectivity index (χ1v) is 8.21. The van der Waals surface area contributed by atoms with Gasteiger partial charge in [-0.15, -0.1) is 0 Å². The standard InChI is InChI=1S/C20H23FN2O2/c1-14-4-6-16(7-5-14)12-19(24)23(15(2)20(25)22-3)13-17-8-10-18(21)11-9-17/h4-11,15H,12-13H2,1-3H3,(H,22,25)/t15-/m1/s1. The van der Waals surface area contributed by atoms with Crippen LogP contribution in [0.25, 0.3) is 0 Å². The molecule has 0 bridgehead atoms. The van der Waals surface area contributed by atoms with Gasteiger partial charge >= 0.3 is 0 Å². The van der Waals surface area contributed by atoms with E-state index >= 15 is 0 Å². The van der Waals surface area contributed by atoms with Gasteiger partial charge in [0.2, 0.25) is 11.8 Å². The van der Waals surface area contributed by atoms with E-state index in [0.717, 1.165) is 16.7 Å². The van der Waals surface area contributed by atoms with Crippen LogP contribution in [0, 0.1) is 12.7 Å². The van der Waals surface area contributed by atoms with E-state index < -0.39 is 6.04 Å². The Labute approximate surface area is 147 Å². The molecule has 1 N–H and O–H groups in total. The predicted octanol–water partition coefficient (Wildman–Crippen LogP) is 2.84. The van der Waals surface area contributed by atoms with Crippen molar-refractivity contribution in [1.82, 2.24) is 10.2 Å². The average Bonchev–Trinajstić information content (AvgIpc) is 2.61. The molecule has 0 aliphatic heterocycles. The molecule has 0 heterocycles. The maximum atomic E-state index is 13.1. The van der Waals surface area contributed by atoms with Crippen LogP contribution in [0.15, 0.2) is 48.5 Å². The smallest absolute Gasteiger partial charge is 0.242 e. The van der Waals surface area contributed by atoms with Gasteiger partial charge in [0, 0.05) is 13.6 Å². The van der Waals surface area contributed by atoms with E-state index in [2.05, 4.69) is 5.32 Å². The van der Waals surface area contributed by atoms with Gasteiger partial charge in [-0.3, -0.25) is 9.59 Å². The molecule has 2 amide bonds. The molecule has 2 aromatic rings. The molecule has 2 rings (SSSR count). The van der Waals surface area contributed by atoms with E-state index in [9.17, 15) is 14.0 Å². The van der Waals surface area contributed by atoms with Crippen molar-refractivity contribution in [2.24, 2.45) is 0 Å². The molecular weight excluding hydrogens is 319 g/mol. The number of hydrogen-bond donors (Lipinski definition) is 1. The lowest BCUT2D eigenvalue weighted by atomic mass is 10.1. The third-order valence-electron chi connectivity index (χ3n) is 4.16. The van der Waals surface area contributed by atoms with Crippen LogP contribution in [0.3, 0.4) is 0 Å². The summed E-state index contributed by atoms with van der Waals surface area (Å²) in [5, 5.41) is 2.57. The van der Waals surface area contributed by atoms with Crippen LogP contribution in [-0.4, -0.2) is 29.8 Å². The molecule has 0 aromatic heterocycles. The van der Waals surface area contributed by atoms with Gasteiger partial charge in [-0.2, -0.15) is 0 Å². The lowest BCUT2D eigenvalue weighted by Gasteiger charge is -2.28. The number of carbonyl (C=O) groups excluding carboxylic acids is 2. The Morgan fingerprint density at radius 2 is 1.60 bits per heavy atom. The molecule has 0 aliphatic rings. The first-order chi connectivity index (χ1) is 11.9. The van der Waals surface area contributed by atoms with Crippen LogP contribution >= 0.6 is 0 Å². The zero-order valence-corrected chi connectivity index (χ0v) is 14.8. The molecule has 0 saturated heterocycles.